The van der Waals surface area contributed by atoms with Gasteiger partial charge in [0.25, 0.3) is 0 Å². The molecule has 0 atom stereocenters. The van der Waals surface area contributed by atoms with Gasteiger partial charge in [-0.1, -0.05) is 41.9 Å². The quantitative estimate of drug-likeness (QED) is 0.395. The van der Waals surface area contributed by atoms with Gasteiger partial charge < -0.3 is 5.73 Å². The van der Waals surface area contributed by atoms with E-state index in [1.54, 1.807) is 0 Å². The third kappa shape index (κ3) is 2.73. The average molecular weight is 426 g/mol. The summed E-state index contributed by atoms with van der Waals surface area (Å²) in [6.45, 7) is 2.02. The molecule has 0 fully saturated rings. The van der Waals surface area contributed by atoms with Crippen molar-refractivity contribution in [1.82, 2.24) is 19.7 Å². The Hall–Kier alpha value is -3.44. The Labute approximate surface area is 184 Å². The molecule has 1 aliphatic rings. The maximum absolute atomic E-state index is 6.76. The highest BCUT2D eigenvalue weighted by Gasteiger charge is 2.25. The minimum Gasteiger partial charge on any atom is -0.398 e. The molecule has 3 heterocycles. The molecule has 0 radical (unpaired) electrons. The first-order valence-corrected chi connectivity index (χ1v) is 10.8. The molecule has 2 N–H and O–H groups in total. The van der Waals surface area contributed by atoms with Crippen LogP contribution in [0.3, 0.4) is 0 Å². The topological polar surface area (TPSA) is 69.6 Å². The van der Waals surface area contributed by atoms with E-state index >= 15 is 0 Å². The Kier molecular flexibility index (Phi) is 4.02. The fourth-order valence-corrected chi connectivity index (χ4v) is 4.84. The SMILES string of the molecule is Cc1nn(-c2ccccc2)c2nc3nc4c(c(N)c3c(-c3ccc(Cl)cc3)c12)CCC4. The number of halogens is 1. The summed E-state index contributed by atoms with van der Waals surface area (Å²) < 4.78 is 1.90. The van der Waals surface area contributed by atoms with Crippen LogP contribution in [-0.2, 0) is 12.8 Å². The van der Waals surface area contributed by atoms with Crippen molar-refractivity contribution in [3.05, 3.63) is 76.6 Å². The van der Waals surface area contributed by atoms with Gasteiger partial charge in [-0.15, -0.1) is 0 Å². The minimum absolute atomic E-state index is 0.674. The van der Waals surface area contributed by atoms with E-state index < -0.39 is 0 Å². The van der Waals surface area contributed by atoms with Crippen molar-refractivity contribution in [2.45, 2.75) is 26.2 Å². The average Bonchev–Trinajstić information content (AvgIpc) is 3.39. The zero-order chi connectivity index (χ0) is 21.1. The fraction of sp³-hybridized carbons (Fsp3) is 0.160. The Balaban J connectivity index is 1.80. The van der Waals surface area contributed by atoms with E-state index in [-0.39, 0.29) is 0 Å². The number of aryl methyl sites for hydroxylation is 2. The van der Waals surface area contributed by atoms with Crippen LogP contribution in [0.25, 0.3) is 38.9 Å². The molecule has 0 bridgehead atoms. The number of aromatic nitrogens is 4. The summed E-state index contributed by atoms with van der Waals surface area (Å²) in [4.78, 5) is 9.96. The minimum atomic E-state index is 0.674. The second kappa shape index (κ2) is 6.79. The van der Waals surface area contributed by atoms with Crippen LogP contribution in [-0.4, -0.2) is 19.7 Å². The van der Waals surface area contributed by atoms with Gasteiger partial charge in [0, 0.05) is 22.0 Å². The molecular weight excluding hydrogens is 406 g/mol. The molecule has 0 unspecified atom stereocenters. The summed E-state index contributed by atoms with van der Waals surface area (Å²) >= 11 is 6.19. The van der Waals surface area contributed by atoms with E-state index in [1.807, 2.05) is 66.2 Å². The van der Waals surface area contributed by atoms with Crippen molar-refractivity contribution in [2.24, 2.45) is 0 Å². The maximum atomic E-state index is 6.76. The number of para-hydroxylation sites is 1. The molecule has 0 spiro atoms. The van der Waals surface area contributed by atoms with Crippen LogP contribution in [0.5, 0.6) is 0 Å². The van der Waals surface area contributed by atoms with E-state index in [0.717, 1.165) is 75.1 Å². The van der Waals surface area contributed by atoms with E-state index in [2.05, 4.69) is 0 Å². The van der Waals surface area contributed by atoms with Gasteiger partial charge in [-0.05, 0) is 61.6 Å². The largest absolute Gasteiger partial charge is 0.398 e. The van der Waals surface area contributed by atoms with Crippen LogP contribution in [0.4, 0.5) is 5.69 Å². The van der Waals surface area contributed by atoms with E-state index in [9.17, 15) is 0 Å². The molecule has 6 heteroatoms. The second-order valence-electron chi connectivity index (χ2n) is 8.03. The Morgan fingerprint density at radius 3 is 2.48 bits per heavy atom. The highest BCUT2D eigenvalue weighted by molar-refractivity contribution is 6.30. The number of fused-ring (bicyclic) bond motifs is 3. The van der Waals surface area contributed by atoms with Crippen molar-refractivity contribution < 1.29 is 0 Å². The monoisotopic (exact) mass is 425 g/mol. The molecule has 5 nitrogen and oxygen atoms in total. The van der Waals surface area contributed by atoms with Crippen LogP contribution in [0.15, 0.2) is 54.6 Å². The number of pyridine rings is 2. The zero-order valence-electron chi connectivity index (χ0n) is 17.1. The third-order valence-corrected chi connectivity index (χ3v) is 6.38. The van der Waals surface area contributed by atoms with Gasteiger partial charge in [-0.2, -0.15) is 5.10 Å². The Morgan fingerprint density at radius 1 is 0.935 bits per heavy atom. The lowest BCUT2D eigenvalue weighted by Gasteiger charge is -2.14. The fourth-order valence-electron chi connectivity index (χ4n) is 4.71. The summed E-state index contributed by atoms with van der Waals surface area (Å²) in [5, 5.41) is 7.45. The number of hydrogen-bond donors (Lipinski definition) is 1. The lowest BCUT2D eigenvalue weighted by atomic mass is 9.96. The van der Waals surface area contributed by atoms with Crippen molar-refractivity contribution in [3.8, 4) is 16.8 Å². The molecule has 3 aromatic heterocycles. The second-order valence-corrected chi connectivity index (χ2v) is 8.46. The molecule has 1 aliphatic carbocycles. The molecule has 5 aromatic rings. The van der Waals surface area contributed by atoms with Crippen LogP contribution < -0.4 is 5.73 Å². The first kappa shape index (κ1) is 18.3. The number of nitrogens with zero attached hydrogens (tertiary/aromatic N) is 4. The summed E-state index contributed by atoms with van der Waals surface area (Å²) in [6, 6.07) is 17.9. The Bertz CT molecular complexity index is 1470. The van der Waals surface area contributed by atoms with Crippen molar-refractivity contribution in [1.29, 1.82) is 0 Å². The molecule has 6 rings (SSSR count). The van der Waals surface area contributed by atoms with Gasteiger partial charge in [-0.25, -0.2) is 14.6 Å². The zero-order valence-corrected chi connectivity index (χ0v) is 17.8. The molecule has 31 heavy (non-hydrogen) atoms. The number of hydrogen-bond acceptors (Lipinski definition) is 4. The van der Waals surface area contributed by atoms with Crippen molar-refractivity contribution >= 4 is 39.4 Å². The van der Waals surface area contributed by atoms with Gasteiger partial charge in [0.15, 0.2) is 11.3 Å². The first-order chi connectivity index (χ1) is 15.1. The highest BCUT2D eigenvalue weighted by atomic mass is 35.5. The van der Waals surface area contributed by atoms with Gasteiger partial charge >= 0.3 is 0 Å². The van der Waals surface area contributed by atoms with Gasteiger partial charge in [0.2, 0.25) is 0 Å². The van der Waals surface area contributed by atoms with Crippen LogP contribution in [0.1, 0.15) is 23.4 Å². The predicted molar refractivity (Wildman–Crippen MR) is 126 cm³/mol. The number of benzene rings is 2. The molecule has 0 amide bonds. The van der Waals surface area contributed by atoms with E-state index in [4.69, 9.17) is 32.4 Å². The Morgan fingerprint density at radius 2 is 1.71 bits per heavy atom. The summed E-state index contributed by atoms with van der Waals surface area (Å²) in [7, 11) is 0. The third-order valence-electron chi connectivity index (χ3n) is 6.13. The standard InChI is InChI=1S/C25H20ClN5/c1-14-20-21(15-10-12-16(26)13-11-15)22-23(27)18-8-5-9-19(18)28-24(22)29-25(20)31(30-14)17-6-3-2-4-7-17/h2-4,6-7,10-13H,5,8-9H2,1H3,(H2,27,28,29). The van der Waals surface area contributed by atoms with E-state index in [0.29, 0.717) is 10.7 Å². The molecule has 0 saturated carbocycles. The van der Waals surface area contributed by atoms with Crippen molar-refractivity contribution in [2.75, 3.05) is 5.73 Å². The van der Waals surface area contributed by atoms with Gasteiger partial charge in [-0.3, -0.25) is 0 Å². The molecule has 2 aromatic carbocycles. The van der Waals surface area contributed by atoms with Crippen molar-refractivity contribution in [3.63, 3.8) is 0 Å². The number of nitrogen functional groups attached to an aromatic ring is 1. The number of nitrogens with two attached hydrogens (primary N) is 1. The highest BCUT2D eigenvalue weighted by Crippen LogP contribution is 2.42. The molecular formula is C25H20ClN5. The molecule has 0 saturated heterocycles. The van der Waals surface area contributed by atoms with Gasteiger partial charge in [0.1, 0.15) is 0 Å². The summed E-state index contributed by atoms with van der Waals surface area (Å²) in [5.41, 5.74) is 15.2. The normalized spacial score (nSPS) is 13.2. The smallest absolute Gasteiger partial charge is 0.166 e. The molecule has 152 valence electrons. The first-order valence-electron chi connectivity index (χ1n) is 10.4. The van der Waals surface area contributed by atoms with Crippen LogP contribution in [0, 0.1) is 6.92 Å². The molecule has 0 aliphatic heterocycles. The van der Waals surface area contributed by atoms with Crippen LogP contribution in [0.2, 0.25) is 5.02 Å². The van der Waals surface area contributed by atoms with Crippen LogP contribution >= 0.6 is 11.6 Å². The predicted octanol–water partition coefficient (Wildman–Crippen LogP) is 5.67. The lowest BCUT2D eigenvalue weighted by Crippen LogP contribution is -2.03. The maximum Gasteiger partial charge on any atom is 0.166 e. The summed E-state index contributed by atoms with van der Waals surface area (Å²) in [5.74, 6) is 0. The summed E-state index contributed by atoms with van der Waals surface area (Å²) in [6.07, 6.45) is 2.99. The lowest BCUT2D eigenvalue weighted by molar-refractivity contribution is 0.878. The van der Waals surface area contributed by atoms with Gasteiger partial charge in [0.05, 0.1) is 22.2 Å². The number of anilines is 1. The van der Waals surface area contributed by atoms with E-state index in [1.165, 1.54) is 0 Å². The number of rotatable bonds is 2.